The summed E-state index contributed by atoms with van der Waals surface area (Å²) in [6.07, 6.45) is 51.1. The van der Waals surface area contributed by atoms with Crippen LogP contribution in [0.4, 0.5) is 0 Å². The molecule has 3 N–H and O–H groups in total. The summed E-state index contributed by atoms with van der Waals surface area (Å²) in [7, 11) is 3.45. The third-order valence-corrected chi connectivity index (χ3v) is 9.63. The number of allylic oxidation sites excluding steroid dienone is 8. The number of nitrogens with one attached hydrogen (secondary N) is 2. The number of carbonyl (C=O) groups excluding carboxylic acids is 1. The predicted octanol–water partition coefficient (Wildman–Crippen LogP) is 11.7. The van der Waals surface area contributed by atoms with Gasteiger partial charge in [-0.05, 0) is 117 Å². The van der Waals surface area contributed by atoms with Gasteiger partial charge in [0, 0.05) is 13.1 Å². The summed E-state index contributed by atoms with van der Waals surface area (Å²) < 4.78 is 0. The third-order valence-electron chi connectivity index (χ3n) is 9.63. The Morgan fingerprint density at radius 3 is 1.35 bits per heavy atom. The minimum absolute atomic E-state index is 0.00849. The van der Waals surface area contributed by atoms with Crippen LogP contribution in [-0.2, 0) is 4.79 Å². The summed E-state index contributed by atoms with van der Waals surface area (Å²) in [5.74, 6) is -0.00849. The average molecular weight is 727 g/mol. The van der Waals surface area contributed by atoms with Gasteiger partial charge < -0.3 is 15.2 Å². The molecule has 0 aromatic heterocycles. The van der Waals surface area contributed by atoms with E-state index in [4.69, 9.17) is 0 Å². The van der Waals surface area contributed by atoms with Gasteiger partial charge in [-0.1, -0.05) is 146 Å². The Kier molecular flexibility index (Phi) is 39.2. The van der Waals surface area contributed by atoms with E-state index in [1.807, 2.05) is 0 Å². The zero-order valence-corrected chi connectivity index (χ0v) is 35.2. The van der Waals surface area contributed by atoms with Gasteiger partial charge in [0.05, 0.1) is 6.04 Å². The molecule has 52 heavy (non-hydrogen) atoms. The SMILES string of the molecule is CCCCC/C=C\C/C=C\CCCCCCCCN(CCCCCCCC/C=C\C/C=C\CCCCC)NC(=O)[C@H](CCCCN(C)C)NB(C)O. The van der Waals surface area contributed by atoms with E-state index in [0.717, 1.165) is 64.6 Å². The molecule has 7 heteroatoms. The van der Waals surface area contributed by atoms with Crippen LogP contribution in [-0.4, -0.2) is 67.7 Å². The summed E-state index contributed by atoms with van der Waals surface area (Å²) in [5, 5.41) is 15.3. The van der Waals surface area contributed by atoms with E-state index in [0.29, 0.717) is 0 Å². The molecule has 0 bridgehead atoms. The van der Waals surface area contributed by atoms with Crippen molar-refractivity contribution in [3.05, 3.63) is 48.6 Å². The molecule has 0 saturated heterocycles. The standard InChI is InChI=1S/C45H87BN4O2/c1-6-8-10-12-14-16-18-20-22-24-26-28-30-32-34-37-42-50(48-45(51)44(47-46(3)52)40-36-39-41-49(4)5)43-38-35-33-31-29-27-25-23-21-19-17-15-13-11-9-7-2/h14-17,20-23,44,47,52H,6-13,18-19,24-43H2,1-5H3,(H,48,51)/b16-14-,17-15-,22-20-,23-21-/t44-/m0/s1. The zero-order chi connectivity index (χ0) is 38.2. The number of hydrazine groups is 1. The molecule has 0 fully saturated rings. The molecule has 1 atom stereocenters. The third kappa shape index (κ3) is 38.1. The van der Waals surface area contributed by atoms with Gasteiger partial charge in [0.2, 0.25) is 5.91 Å². The number of hydrogen-bond donors (Lipinski definition) is 3. The van der Waals surface area contributed by atoms with E-state index in [9.17, 15) is 9.82 Å². The van der Waals surface area contributed by atoms with E-state index in [2.05, 4.69) is 97.1 Å². The molecule has 0 aliphatic carbocycles. The number of unbranched alkanes of at least 4 members (excludes halogenated alkanes) is 19. The highest BCUT2D eigenvalue weighted by Crippen LogP contribution is 2.12. The molecular weight excluding hydrogens is 639 g/mol. The van der Waals surface area contributed by atoms with Crippen LogP contribution in [0.2, 0.25) is 6.82 Å². The highest BCUT2D eigenvalue weighted by atomic mass is 16.2. The van der Waals surface area contributed by atoms with Gasteiger partial charge in [-0.15, -0.1) is 0 Å². The summed E-state index contributed by atoms with van der Waals surface area (Å²) in [4.78, 5) is 15.6. The van der Waals surface area contributed by atoms with Crippen molar-refractivity contribution in [3.63, 3.8) is 0 Å². The van der Waals surface area contributed by atoms with Crippen LogP contribution < -0.4 is 10.7 Å². The van der Waals surface area contributed by atoms with E-state index in [-0.39, 0.29) is 11.9 Å². The van der Waals surface area contributed by atoms with E-state index >= 15 is 0 Å². The fourth-order valence-corrected chi connectivity index (χ4v) is 6.40. The van der Waals surface area contributed by atoms with Crippen molar-refractivity contribution in [2.45, 2.75) is 200 Å². The van der Waals surface area contributed by atoms with Crippen molar-refractivity contribution >= 4 is 13.0 Å². The van der Waals surface area contributed by atoms with E-state index < -0.39 is 7.05 Å². The Morgan fingerprint density at radius 2 is 0.942 bits per heavy atom. The largest absolute Gasteiger partial charge is 0.437 e. The second-order valence-electron chi connectivity index (χ2n) is 15.3. The van der Waals surface area contributed by atoms with Gasteiger partial charge in [0.25, 0.3) is 0 Å². The van der Waals surface area contributed by atoms with Crippen molar-refractivity contribution < 1.29 is 9.82 Å². The molecule has 0 aromatic carbocycles. The van der Waals surface area contributed by atoms with Gasteiger partial charge in [0.1, 0.15) is 0 Å². The normalized spacial score (nSPS) is 12.9. The smallest absolute Gasteiger partial charge is 0.374 e. The molecule has 6 nitrogen and oxygen atoms in total. The van der Waals surface area contributed by atoms with Crippen LogP contribution in [0.5, 0.6) is 0 Å². The van der Waals surface area contributed by atoms with Crippen molar-refractivity contribution in [2.75, 3.05) is 33.7 Å². The maximum Gasteiger partial charge on any atom is 0.374 e. The van der Waals surface area contributed by atoms with Crippen LogP contribution in [0.25, 0.3) is 0 Å². The Balaban J connectivity index is 4.50. The molecular formula is C45H87BN4O2. The van der Waals surface area contributed by atoms with Crippen molar-refractivity contribution in [3.8, 4) is 0 Å². The highest BCUT2D eigenvalue weighted by Gasteiger charge is 2.22. The maximum atomic E-state index is 13.4. The van der Waals surface area contributed by atoms with E-state index in [1.165, 1.54) is 128 Å². The number of nitrogens with zero attached hydrogens (tertiary/aromatic N) is 2. The molecule has 0 aliphatic heterocycles. The van der Waals surface area contributed by atoms with Gasteiger partial charge in [-0.3, -0.25) is 10.2 Å². The van der Waals surface area contributed by atoms with Gasteiger partial charge in [-0.25, -0.2) is 5.01 Å². The first kappa shape index (κ1) is 50.3. The predicted molar refractivity (Wildman–Crippen MR) is 232 cm³/mol. The van der Waals surface area contributed by atoms with Crippen molar-refractivity contribution in [1.29, 1.82) is 0 Å². The zero-order valence-electron chi connectivity index (χ0n) is 35.2. The highest BCUT2D eigenvalue weighted by molar-refractivity contribution is 6.46. The molecule has 0 unspecified atom stereocenters. The summed E-state index contributed by atoms with van der Waals surface area (Å²) in [6, 6.07) is -0.378. The Hall–Kier alpha value is -1.67. The molecule has 0 saturated carbocycles. The lowest BCUT2D eigenvalue weighted by molar-refractivity contribution is -0.128. The summed E-state index contributed by atoms with van der Waals surface area (Å²) in [5.41, 5.74) is 3.26. The van der Waals surface area contributed by atoms with Crippen LogP contribution in [0.3, 0.4) is 0 Å². The summed E-state index contributed by atoms with van der Waals surface area (Å²) in [6.45, 7) is 9.01. The first-order chi connectivity index (χ1) is 25.4. The number of rotatable bonds is 39. The molecule has 0 rings (SSSR count). The number of amides is 1. The van der Waals surface area contributed by atoms with Crippen molar-refractivity contribution in [2.24, 2.45) is 0 Å². The molecule has 0 radical (unpaired) electrons. The first-order valence-corrected chi connectivity index (χ1v) is 22.1. The van der Waals surface area contributed by atoms with Crippen molar-refractivity contribution in [1.82, 2.24) is 20.6 Å². The van der Waals surface area contributed by atoms with Crippen LogP contribution in [0.15, 0.2) is 48.6 Å². The molecule has 0 aliphatic rings. The summed E-state index contributed by atoms with van der Waals surface area (Å²) >= 11 is 0. The second kappa shape index (κ2) is 40.5. The molecule has 0 spiro atoms. The number of hydrogen-bond acceptors (Lipinski definition) is 5. The number of carbonyl (C=O) groups is 1. The quantitative estimate of drug-likeness (QED) is 0.0255. The Morgan fingerprint density at radius 1 is 0.558 bits per heavy atom. The lowest BCUT2D eigenvalue weighted by Gasteiger charge is -2.27. The van der Waals surface area contributed by atoms with E-state index in [1.54, 1.807) is 6.82 Å². The van der Waals surface area contributed by atoms with Crippen LogP contribution in [0, 0.1) is 0 Å². The molecule has 1 amide bonds. The Bertz CT molecular complexity index is 825. The minimum Gasteiger partial charge on any atom is -0.437 e. The van der Waals surface area contributed by atoms with Gasteiger partial charge in [-0.2, -0.15) is 0 Å². The van der Waals surface area contributed by atoms with Crippen LogP contribution in [0.1, 0.15) is 187 Å². The van der Waals surface area contributed by atoms with Gasteiger partial charge >= 0.3 is 7.05 Å². The fourth-order valence-electron chi connectivity index (χ4n) is 6.40. The molecule has 0 heterocycles. The first-order valence-electron chi connectivity index (χ1n) is 22.1. The minimum atomic E-state index is -0.710. The fraction of sp³-hybridized carbons (Fsp3) is 0.800. The maximum absolute atomic E-state index is 13.4. The topological polar surface area (TPSA) is 67.8 Å². The Labute approximate surface area is 324 Å². The lowest BCUT2D eigenvalue weighted by Crippen LogP contribution is -2.54. The van der Waals surface area contributed by atoms with Crippen LogP contribution >= 0.6 is 0 Å². The average Bonchev–Trinajstić information content (AvgIpc) is 3.12. The van der Waals surface area contributed by atoms with Gasteiger partial charge in [0.15, 0.2) is 0 Å². The monoisotopic (exact) mass is 727 g/mol. The molecule has 302 valence electrons. The molecule has 0 aromatic rings. The second-order valence-corrected chi connectivity index (χ2v) is 15.3. The lowest BCUT2D eigenvalue weighted by atomic mass is 9.86.